The lowest BCUT2D eigenvalue weighted by molar-refractivity contribution is -0.132. The molecule has 2 saturated heterocycles. The summed E-state index contributed by atoms with van der Waals surface area (Å²) >= 11 is 0. The summed E-state index contributed by atoms with van der Waals surface area (Å²) in [5.41, 5.74) is 0. The van der Waals surface area contributed by atoms with E-state index in [1.807, 2.05) is 6.92 Å². The molecule has 2 rings (SSSR count). The molecule has 82 valence electrons. The van der Waals surface area contributed by atoms with Gasteiger partial charge in [-0.25, -0.2) is 0 Å². The van der Waals surface area contributed by atoms with Gasteiger partial charge in [-0.05, 0) is 6.92 Å². The van der Waals surface area contributed by atoms with E-state index in [1.54, 1.807) is 4.90 Å². The van der Waals surface area contributed by atoms with Crippen molar-refractivity contribution in [3.05, 3.63) is 0 Å². The summed E-state index contributed by atoms with van der Waals surface area (Å²) in [4.78, 5) is 35.3. The number of hydrogen-bond acceptors (Lipinski definition) is 3. The molecule has 2 aliphatic rings. The highest BCUT2D eigenvalue weighted by atomic mass is 16.2. The molecule has 0 bridgehead atoms. The molecule has 2 heterocycles. The van der Waals surface area contributed by atoms with Crippen LogP contribution in [0.25, 0.3) is 0 Å². The number of likely N-dealkylation sites (tertiary alicyclic amines) is 1. The van der Waals surface area contributed by atoms with Gasteiger partial charge in [0.2, 0.25) is 11.8 Å². The molecule has 2 fully saturated rings. The molecule has 2 amide bonds. The average Bonchev–Trinajstić information content (AvgIpc) is 2.70. The lowest BCUT2D eigenvalue weighted by Crippen LogP contribution is -2.38. The van der Waals surface area contributed by atoms with Crippen LogP contribution in [0, 0.1) is 11.8 Å². The van der Waals surface area contributed by atoms with Gasteiger partial charge in [-0.2, -0.15) is 0 Å². The second-order valence-electron chi connectivity index (χ2n) is 4.20. The Morgan fingerprint density at radius 3 is 2.87 bits per heavy atom. The molecule has 0 aromatic heterocycles. The van der Waals surface area contributed by atoms with Crippen LogP contribution in [0.1, 0.15) is 13.3 Å². The molecule has 3 unspecified atom stereocenters. The van der Waals surface area contributed by atoms with Crippen molar-refractivity contribution in [2.75, 3.05) is 13.1 Å². The third-order valence-corrected chi connectivity index (χ3v) is 3.28. The number of aldehydes is 1. The third kappa shape index (κ3) is 1.52. The first-order chi connectivity index (χ1) is 7.15. The first kappa shape index (κ1) is 10.1. The fraction of sp³-hybridized carbons (Fsp3) is 0.700. The minimum atomic E-state index is -0.202. The van der Waals surface area contributed by atoms with Gasteiger partial charge >= 0.3 is 0 Å². The molecular weight excluding hydrogens is 196 g/mol. The van der Waals surface area contributed by atoms with E-state index in [9.17, 15) is 14.4 Å². The number of fused-ring (bicyclic) bond motifs is 1. The largest absolute Gasteiger partial charge is 0.355 e. The summed E-state index contributed by atoms with van der Waals surface area (Å²) in [5.74, 6) is -0.431. The van der Waals surface area contributed by atoms with E-state index in [1.165, 1.54) is 0 Å². The first-order valence-corrected chi connectivity index (χ1v) is 5.17. The molecule has 0 aromatic carbocycles. The quantitative estimate of drug-likeness (QED) is 0.618. The van der Waals surface area contributed by atoms with Crippen LogP contribution in [0.2, 0.25) is 0 Å². The van der Waals surface area contributed by atoms with Crippen molar-refractivity contribution in [1.82, 2.24) is 10.2 Å². The Morgan fingerprint density at radius 1 is 1.53 bits per heavy atom. The zero-order chi connectivity index (χ0) is 11.0. The molecule has 2 aliphatic heterocycles. The Labute approximate surface area is 87.8 Å². The molecule has 1 N–H and O–H groups in total. The smallest absolute Gasteiger partial charge is 0.228 e. The van der Waals surface area contributed by atoms with Crippen molar-refractivity contribution in [3.63, 3.8) is 0 Å². The van der Waals surface area contributed by atoms with Crippen LogP contribution in [0.3, 0.4) is 0 Å². The van der Waals surface area contributed by atoms with Gasteiger partial charge in [0, 0.05) is 25.6 Å². The maximum absolute atomic E-state index is 11.9. The summed E-state index contributed by atoms with van der Waals surface area (Å²) in [5, 5.41) is 2.69. The molecule has 0 aliphatic carbocycles. The van der Waals surface area contributed by atoms with Gasteiger partial charge in [0.15, 0.2) is 0 Å². The van der Waals surface area contributed by atoms with Crippen LogP contribution < -0.4 is 5.32 Å². The topological polar surface area (TPSA) is 66.5 Å². The van der Waals surface area contributed by atoms with E-state index < -0.39 is 0 Å². The van der Waals surface area contributed by atoms with Crippen molar-refractivity contribution in [2.45, 2.75) is 19.4 Å². The summed E-state index contributed by atoms with van der Waals surface area (Å²) in [6, 6.07) is -0.0894. The van der Waals surface area contributed by atoms with Gasteiger partial charge in [-0.15, -0.1) is 0 Å². The lowest BCUT2D eigenvalue weighted by atomic mass is 10.00. The maximum atomic E-state index is 11.9. The maximum Gasteiger partial charge on any atom is 0.228 e. The molecule has 15 heavy (non-hydrogen) atoms. The second-order valence-corrected chi connectivity index (χ2v) is 4.20. The number of rotatable bonds is 3. The predicted molar refractivity (Wildman–Crippen MR) is 51.8 cm³/mol. The normalized spacial score (nSPS) is 31.4. The van der Waals surface area contributed by atoms with Crippen LogP contribution in [-0.4, -0.2) is 42.1 Å². The van der Waals surface area contributed by atoms with E-state index in [-0.39, 0.29) is 29.7 Å². The van der Waals surface area contributed by atoms with Crippen LogP contribution in [0.5, 0.6) is 0 Å². The molecule has 5 heteroatoms. The summed E-state index contributed by atoms with van der Waals surface area (Å²) in [7, 11) is 0. The van der Waals surface area contributed by atoms with Crippen LogP contribution in [0.4, 0.5) is 0 Å². The zero-order valence-corrected chi connectivity index (χ0v) is 8.60. The second kappa shape index (κ2) is 3.64. The molecule has 3 atom stereocenters. The number of nitrogens with zero attached hydrogens (tertiary/aromatic N) is 1. The van der Waals surface area contributed by atoms with Crippen molar-refractivity contribution < 1.29 is 14.4 Å². The van der Waals surface area contributed by atoms with Gasteiger partial charge in [0.25, 0.3) is 0 Å². The fourth-order valence-electron chi connectivity index (χ4n) is 2.31. The van der Waals surface area contributed by atoms with Gasteiger partial charge in [-0.1, -0.05) is 0 Å². The Hall–Kier alpha value is -1.39. The van der Waals surface area contributed by atoms with Crippen molar-refractivity contribution in [3.8, 4) is 0 Å². The zero-order valence-electron chi connectivity index (χ0n) is 8.60. The predicted octanol–water partition coefficient (Wildman–Crippen LogP) is -0.832. The van der Waals surface area contributed by atoms with Crippen LogP contribution >= 0.6 is 0 Å². The van der Waals surface area contributed by atoms with Gasteiger partial charge in [0.1, 0.15) is 6.29 Å². The standard InChI is InChI=1S/C10H14N2O3/c1-6(2-3-13)12-5-8-7(10(12)15)4-11-9(8)14/h3,6-8H,2,4-5H2,1H3,(H,11,14). The highest BCUT2D eigenvalue weighted by Crippen LogP contribution is 2.30. The van der Waals surface area contributed by atoms with Crippen LogP contribution in [-0.2, 0) is 14.4 Å². The Kier molecular flexibility index (Phi) is 2.46. The number of carbonyl (C=O) groups is 3. The molecule has 5 nitrogen and oxygen atoms in total. The Bertz CT molecular complexity index is 316. The van der Waals surface area contributed by atoms with E-state index in [4.69, 9.17) is 0 Å². The SMILES string of the molecule is CC(CC=O)N1CC2C(=O)NCC2C1=O. The number of carbonyl (C=O) groups excluding carboxylic acids is 3. The fourth-order valence-corrected chi connectivity index (χ4v) is 2.31. The highest BCUT2D eigenvalue weighted by Gasteiger charge is 2.48. The van der Waals surface area contributed by atoms with Gasteiger partial charge < -0.3 is 15.0 Å². The van der Waals surface area contributed by atoms with Crippen molar-refractivity contribution >= 4 is 18.1 Å². The number of amides is 2. The van der Waals surface area contributed by atoms with Crippen molar-refractivity contribution in [1.29, 1.82) is 0 Å². The van der Waals surface area contributed by atoms with E-state index >= 15 is 0 Å². The van der Waals surface area contributed by atoms with Gasteiger partial charge in [0.05, 0.1) is 11.8 Å². The van der Waals surface area contributed by atoms with Gasteiger partial charge in [-0.3, -0.25) is 9.59 Å². The molecule has 0 aromatic rings. The average molecular weight is 210 g/mol. The summed E-state index contributed by atoms with van der Waals surface area (Å²) in [6.07, 6.45) is 1.15. The minimum Gasteiger partial charge on any atom is -0.355 e. The molecule has 0 saturated carbocycles. The van der Waals surface area contributed by atoms with Crippen molar-refractivity contribution in [2.24, 2.45) is 11.8 Å². The lowest BCUT2D eigenvalue weighted by Gasteiger charge is -2.23. The molecule has 0 radical (unpaired) electrons. The third-order valence-electron chi connectivity index (χ3n) is 3.28. The summed E-state index contributed by atoms with van der Waals surface area (Å²) in [6.45, 7) is 2.75. The minimum absolute atomic E-state index is 0.00713. The number of hydrogen-bond donors (Lipinski definition) is 1. The highest BCUT2D eigenvalue weighted by molar-refractivity contribution is 5.94. The summed E-state index contributed by atoms with van der Waals surface area (Å²) < 4.78 is 0. The number of nitrogens with one attached hydrogen (secondary N) is 1. The Balaban J connectivity index is 2.09. The Morgan fingerprint density at radius 2 is 2.27 bits per heavy atom. The first-order valence-electron chi connectivity index (χ1n) is 5.17. The van der Waals surface area contributed by atoms with E-state index in [2.05, 4.69) is 5.32 Å². The monoisotopic (exact) mass is 210 g/mol. The molecule has 0 spiro atoms. The molecular formula is C10H14N2O3. The van der Waals surface area contributed by atoms with E-state index in [0.29, 0.717) is 19.5 Å². The van der Waals surface area contributed by atoms with Crippen LogP contribution in [0.15, 0.2) is 0 Å². The van der Waals surface area contributed by atoms with E-state index in [0.717, 1.165) is 6.29 Å².